The van der Waals surface area contributed by atoms with E-state index >= 15 is 0 Å². The van der Waals surface area contributed by atoms with Crippen molar-refractivity contribution in [2.24, 2.45) is 9.98 Å². The lowest BCUT2D eigenvalue weighted by molar-refractivity contribution is 0.645. The lowest BCUT2D eigenvalue weighted by Crippen LogP contribution is -2.33. The largest absolute Gasteiger partial charge is 0.456 e. The van der Waals surface area contributed by atoms with Crippen LogP contribution in [0, 0.1) is 0 Å². The second-order valence-electron chi connectivity index (χ2n) is 14.1. The molecule has 2 aliphatic rings. The molecule has 9 aromatic rings. The molecule has 256 valence electrons. The predicted molar refractivity (Wildman–Crippen MR) is 223 cm³/mol. The Labute approximate surface area is 311 Å². The molecule has 0 fully saturated rings. The van der Waals surface area contributed by atoms with Gasteiger partial charge in [-0.15, -0.1) is 0 Å². The van der Waals surface area contributed by atoms with Crippen LogP contribution >= 0.6 is 0 Å². The highest BCUT2D eigenvalue weighted by Crippen LogP contribution is 2.38. The average molecular weight is 695 g/mol. The first-order valence-electron chi connectivity index (χ1n) is 18.5. The number of hydrogen-bond acceptors (Lipinski definition) is 4. The monoisotopic (exact) mass is 694 g/mol. The van der Waals surface area contributed by atoms with Gasteiger partial charge in [-0.05, 0) is 64.9 Å². The number of nitrogens with one attached hydrogen (secondary N) is 1. The summed E-state index contributed by atoms with van der Waals surface area (Å²) in [5.74, 6) is 1.47. The zero-order valence-electron chi connectivity index (χ0n) is 29.4. The molecule has 5 heteroatoms. The van der Waals surface area contributed by atoms with Crippen LogP contribution in [-0.4, -0.2) is 16.2 Å². The van der Waals surface area contributed by atoms with E-state index in [0.717, 1.165) is 61.7 Å². The quantitative estimate of drug-likeness (QED) is 0.195. The summed E-state index contributed by atoms with van der Waals surface area (Å²) in [4.78, 5) is 10.7. The molecule has 0 bridgehead atoms. The fourth-order valence-corrected chi connectivity index (χ4v) is 8.45. The summed E-state index contributed by atoms with van der Waals surface area (Å²) >= 11 is 0. The Hall–Kier alpha value is -6.98. The van der Waals surface area contributed by atoms with Crippen LogP contribution in [0.4, 0.5) is 0 Å². The maximum atomic E-state index is 6.21. The molecule has 1 aliphatic carbocycles. The summed E-state index contributed by atoms with van der Waals surface area (Å²) in [7, 11) is 0. The van der Waals surface area contributed by atoms with Crippen molar-refractivity contribution in [1.29, 1.82) is 0 Å². The second kappa shape index (κ2) is 12.3. The van der Waals surface area contributed by atoms with Crippen molar-refractivity contribution in [2.45, 2.75) is 18.6 Å². The second-order valence-corrected chi connectivity index (χ2v) is 14.1. The summed E-state index contributed by atoms with van der Waals surface area (Å²) in [6.07, 6.45) is 9.42. The average Bonchev–Trinajstić information content (AvgIpc) is 3.79. The number of furan rings is 1. The molecule has 11 rings (SSSR count). The van der Waals surface area contributed by atoms with Crippen LogP contribution in [0.3, 0.4) is 0 Å². The number of hydrogen-bond donors (Lipinski definition) is 1. The van der Waals surface area contributed by atoms with Crippen LogP contribution < -0.4 is 5.32 Å². The number of fused-ring (bicyclic) bond motifs is 7. The zero-order valence-corrected chi connectivity index (χ0v) is 29.4. The summed E-state index contributed by atoms with van der Waals surface area (Å²) in [5.41, 5.74) is 9.54. The van der Waals surface area contributed by atoms with Gasteiger partial charge in [-0.1, -0.05) is 140 Å². The van der Waals surface area contributed by atoms with E-state index in [2.05, 4.69) is 168 Å². The van der Waals surface area contributed by atoms with E-state index in [1.807, 2.05) is 18.2 Å². The van der Waals surface area contributed by atoms with Gasteiger partial charge in [-0.25, -0.2) is 9.98 Å². The zero-order chi connectivity index (χ0) is 35.6. The highest BCUT2D eigenvalue weighted by molar-refractivity contribution is 6.20. The molecule has 54 heavy (non-hydrogen) atoms. The summed E-state index contributed by atoms with van der Waals surface area (Å²) in [6.45, 7) is 0. The maximum absolute atomic E-state index is 6.21. The summed E-state index contributed by atoms with van der Waals surface area (Å²) in [5, 5.41) is 10.8. The summed E-state index contributed by atoms with van der Waals surface area (Å²) < 4.78 is 8.70. The molecule has 0 amide bonds. The third kappa shape index (κ3) is 4.93. The Morgan fingerprint density at radius 3 is 2.24 bits per heavy atom. The number of nitrogens with zero attached hydrogens (tertiary/aromatic N) is 3. The van der Waals surface area contributed by atoms with E-state index in [9.17, 15) is 0 Å². The van der Waals surface area contributed by atoms with Crippen molar-refractivity contribution in [3.8, 4) is 11.1 Å². The van der Waals surface area contributed by atoms with Crippen LogP contribution in [-0.2, 0) is 0 Å². The highest BCUT2D eigenvalue weighted by Gasteiger charge is 2.25. The number of benzene rings is 7. The smallest absolute Gasteiger partial charge is 0.159 e. The molecule has 7 aromatic carbocycles. The Balaban J connectivity index is 1.12. The molecule has 5 nitrogen and oxygen atoms in total. The Morgan fingerprint density at radius 1 is 0.593 bits per heavy atom. The molecular formula is C49H34N4O. The van der Waals surface area contributed by atoms with Crippen LogP contribution in [0.25, 0.3) is 65.6 Å². The highest BCUT2D eigenvalue weighted by atomic mass is 16.3. The van der Waals surface area contributed by atoms with Crippen molar-refractivity contribution in [2.75, 3.05) is 0 Å². The molecule has 2 unspecified atom stereocenters. The molecule has 1 N–H and O–H groups in total. The normalized spacial score (nSPS) is 17.0. The van der Waals surface area contributed by atoms with E-state index < -0.39 is 0 Å². The molecule has 0 spiro atoms. The van der Waals surface area contributed by atoms with E-state index in [1.54, 1.807) is 0 Å². The van der Waals surface area contributed by atoms with Crippen molar-refractivity contribution in [3.05, 3.63) is 193 Å². The van der Waals surface area contributed by atoms with Gasteiger partial charge in [-0.3, -0.25) is 0 Å². The molecular weight excluding hydrogens is 661 g/mol. The number of aliphatic imine (C=N–C) groups is 2. The predicted octanol–water partition coefficient (Wildman–Crippen LogP) is 12.1. The number of allylic oxidation sites excluding steroid dienone is 4. The number of aromatic nitrogens is 1. The standard InChI is InChI=1S/C49H34N4O/c1-3-13-31(14-4-1)36-21-11-15-32-16-12-22-40(46(32)36)49-51-47(33-26-28-45-41(29-33)39-20-8-10-24-44(39)54-45)50-48(52-49)34-25-27-38-37-19-7-9-23-42(37)53(43(38)30-34)35-17-5-2-6-18-35/h1-17,19-30,35,48H,18H2,(H,50,51,52). The van der Waals surface area contributed by atoms with Gasteiger partial charge in [0.25, 0.3) is 0 Å². The van der Waals surface area contributed by atoms with E-state index in [-0.39, 0.29) is 12.2 Å². The minimum atomic E-state index is -0.388. The number of amidine groups is 2. The van der Waals surface area contributed by atoms with Crippen molar-refractivity contribution in [3.63, 3.8) is 0 Å². The molecule has 0 radical (unpaired) electrons. The van der Waals surface area contributed by atoms with Crippen molar-refractivity contribution >= 4 is 66.2 Å². The third-order valence-corrected chi connectivity index (χ3v) is 11.0. The van der Waals surface area contributed by atoms with Gasteiger partial charge in [0.2, 0.25) is 0 Å². The van der Waals surface area contributed by atoms with Crippen LogP contribution in [0.5, 0.6) is 0 Å². The fourth-order valence-electron chi connectivity index (χ4n) is 8.45. The Morgan fingerprint density at radius 2 is 1.37 bits per heavy atom. The van der Waals surface area contributed by atoms with Gasteiger partial charge in [0.1, 0.15) is 23.2 Å². The fraction of sp³-hybridized carbons (Fsp3) is 0.0612. The van der Waals surface area contributed by atoms with Gasteiger partial charge in [0.05, 0.1) is 11.6 Å². The summed E-state index contributed by atoms with van der Waals surface area (Å²) in [6, 6.07) is 53.9. The topological polar surface area (TPSA) is 54.8 Å². The van der Waals surface area contributed by atoms with E-state index in [1.165, 1.54) is 32.9 Å². The minimum Gasteiger partial charge on any atom is -0.456 e. The first-order chi connectivity index (χ1) is 26.8. The van der Waals surface area contributed by atoms with Crippen molar-refractivity contribution < 1.29 is 4.42 Å². The molecule has 3 heterocycles. The van der Waals surface area contributed by atoms with Gasteiger partial charge in [-0.2, -0.15) is 0 Å². The van der Waals surface area contributed by atoms with Gasteiger partial charge < -0.3 is 14.3 Å². The first-order valence-corrected chi connectivity index (χ1v) is 18.5. The lowest BCUT2D eigenvalue weighted by atomic mass is 9.93. The lowest BCUT2D eigenvalue weighted by Gasteiger charge is -2.25. The van der Waals surface area contributed by atoms with Gasteiger partial charge in [0, 0.05) is 43.6 Å². The van der Waals surface area contributed by atoms with Crippen molar-refractivity contribution in [1.82, 2.24) is 9.88 Å². The molecule has 2 atom stereocenters. The van der Waals surface area contributed by atoms with Crippen LogP contribution in [0.2, 0.25) is 0 Å². The number of para-hydroxylation sites is 2. The van der Waals surface area contributed by atoms with E-state index in [4.69, 9.17) is 14.4 Å². The Kier molecular flexibility index (Phi) is 6.99. The van der Waals surface area contributed by atoms with Crippen LogP contribution in [0.1, 0.15) is 35.3 Å². The molecule has 1 aliphatic heterocycles. The first kappa shape index (κ1) is 30.6. The number of rotatable bonds is 5. The SMILES string of the molecule is C1=CCC(n2c3ccccc3c3ccc(C4N=C(c5ccc6oc7ccccc7c6c5)N=C(c5cccc6cccc(-c7ccccc7)c56)N4)cc32)C=C1. The van der Waals surface area contributed by atoms with Gasteiger partial charge in [0.15, 0.2) is 5.84 Å². The molecule has 0 saturated heterocycles. The van der Waals surface area contributed by atoms with Crippen LogP contribution in [0.15, 0.2) is 190 Å². The third-order valence-electron chi connectivity index (χ3n) is 11.0. The van der Waals surface area contributed by atoms with Gasteiger partial charge >= 0.3 is 0 Å². The molecule has 2 aromatic heterocycles. The Bertz CT molecular complexity index is 3060. The van der Waals surface area contributed by atoms with E-state index in [0.29, 0.717) is 5.84 Å². The maximum Gasteiger partial charge on any atom is 0.159 e. The molecule has 0 saturated carbocycles. The minimum absolute atomic E-state index is 0.228.